The van der Waals surface area contributed by atoms with Crippen LogP contribution < -0.4 is 5.32 Å². The summed E-state index contributed by atoms with van der Waals surface area (Å²) in [6, 6.07) is -0.496. The van der Waals surface area contributed by atoms with E-state index in [1.165, 1.54) is 0 Å². The van der Waals surface area contributed by atoms with Crippen molar-refractivity contribution in [3.63, 3.8) is 0 Å². The molecule has 6 heteroatoms. The predicted molar refractivity (Wildman–Crippen MR) is 75.5 cm³/mol. The average Bonchev–Trinajstić information content (AvgIpc) is 2.48. The summed E-state index contributed by atoms with van der Waals surface area (Å²) in [5.41, 5.74) is -0.562. The lowest BCUT2D eigenvalue weighted by molar-refractivity contribution is -0.133. The number of hydrogen-bond acceptors (Lipinski definition) is 4. The number of carbonyl (C=O) groups is 2. The van der Waals surface area contributed by atoms with Crippen LogP contribution in [0.1, 0.15) is 40.0 Å². The average molecular weight is 286 g/mol. The zero-order chi connectivity index (χ0) is 15.2. The fourth-order valence-corrected chi connectivity index (χ4v) is 2.11. The second-order valence-corrected chi connectivity index (χ2v) is 6.01. The molecule has 0 aromatic heterocycles. The van der Waals surface area contributed by atoms with Crippen LogP contribution in [-0.2, 0) is 14.3 Å². The maximum atomic E-state index is 12.4. The van der Waals surface area contributed by atoms with Gasteiger partial charge in [-0.25, -0.2) is 4.79 Å². The van der Waals surface area contributed by atoms with Gasteiger partial charge in [0.2, 0.25) is 5.91 Å². The molecule has 0 saturated carbocycles. The molecule has 20 heavy (non-hydrogen) atoms. The van der Waals surface area contributed by atoms with Crippen LogP contribution in [0.3, 0.4) is 0 Å². The second-order valence-electron chi connectivity index (χ2n) is 6.01. The molecule has 0 aromatic rings. The van der Waals surface area contributed by atoms with Crippen LogP contribution in [0.15, 0.2) is 0 Å². The highest BCUT2D eigenvalue weighted by Crippen LogP contribution is 2.13. The third-order valence-corrected chi connectivity index (χ3v) is 3.04. The van der Waals surface area contributed by atoms with Crippen molar-refractivity contribution in [2.45, 2.75) is 51.7 Å². The molecule has 0 bridgehead atoms. The van der Waals surface area contributed by atoms with E-state index in [-0.39, 0.29) is 5.91 Å². The van der Waals surface area contributed by atoms with Crippen molar-refractivity contribution in [1.82, 2.24) is 10.2 Å². The Bertz CT molecular complexity index is 339. The van der Waals surface area contributed by atoms with Crippen LogP contribution in [0.2, 0.25) is 0 Å². The summed E-state index contributed by atoms with van der Waals surface area (Å²) in [6.45, 7) is 7.17. The Labute approximate surface area is 120 Å². The van der Waals surface area contributed by atoms with Gasteiger partial charge in [0.1, 0.15) is 11.6 Å². The minimum absolute atomic E-state index is 0.0505. The number of ether oxygens (including phenoxy) is 2. The molecule has 0 spiro atoms. The molecule has 1 aliphatic heterocycles. The Hall–Kier alpha value is -1.30. The molecule has 0 aliphatic carbocycles. The van der Waals surface area contributed by atoms with Gasteiger partial charge >= 0.3 is 6.09 Å². The Morgan fingerprint density at radius 1 is 1.40 bits per heavy atom. The summed E-state index contributed by atoms with van der Waals surface area (Å²) >= 11 is 0. The molecule has 1 heterocycles. The van der Waals surface area contributed by atoms with E-state index in [4.69, 9.17) is 9.47 Å². The van der Waals surface area contributed by atoms with Gasteiger partial charge in [0.15, 0.2) is 0 Å². The summed E-state index contributed by atoms with van der Waals surface area (Å²) in [7, 11) is 1.61. The molecule has 0 aromatic carbocycles. The lowest BCUT2D eigenvalue weighted by atomic mass is 10.1. The first-order chi connectivity index (χ1) is 9.33. The maximum Gasteiger partial charge on any atom is 0.408 e. The monoisotopic (exact) mass is 286 g/mol. The van der Waals surface area contributed by atoms with Gasteiger partial charge in [-0.05, 0) is 40.0 Å². The van der Waals surface area contributed by atoms with E-state index in [0.717, 1.165) is 12.8 Å². The first-order valence-electron chi connectivity index (χ1n) is 7.11. The summed E-state index contributed by atoms with van der Waals surface area (Å²) in [4.78, 5) is 25.9. The topological polar surface area (TPSA) is 67.9 Å². The van der Waals surface area contributed by atoms with Gasteiger partial charge in [-0.15, -0.1) is 0 Å². The SMILES string of the molecule is COCCN1CCCC[C@H](NC(=O)OC(C)(C)C)C1=O. The van der Waals surface area contributed by atoms with Gasteiger partial charge in [-0.3, -0.25) is 4.79 Å². The van der Waals surface area contributed by atoms with Crippen LogP contribution in [0.5, 0.6) is 0 Å². The van der Waals surface area contributed by atoms with Gasteiger partial charge in [0.05, 0.1) is 6.61 Å². The molecule has 1 aliphatic rings. The Balaban J connectivity index is 2.58. The maximum absolute atomic E-state index is 12.4. The molecule has 116 valence electrons. The third-order valence-electron chi connectivity index (χ3n) is 3.04. The molecule has 1 fully saturated rings. The number of nitrogens with zero attached hydrogens (tertiary/aromatic N) is 1. The number of methoxy groups -OCH3 is 1. The minimum atomic E-state index is -0.562. The van der Waals surface area contributed by atoms with E-state index >= 15 is 0 Å². The number of likely N-dealkylation sites (tertiary alicyclic amines) is 1. The van der Waals surface area contributed by atoms with Gasteiger partial charge in [-0.2, -0.15) is 0 Å². The van der Waals surface area contributed by atoms with Crippen molar-refractivity contribution in [2.75, 3.05) is 26.8 Å². The molecule has 6 nitrogen and oxygen atoms in total. The Kier molecular flexibility index (Phi) is 6.26. The highest BCUT2D eigenvalue weighted by atomic mass is 16.6. The molecule has 1 rings (SSSR count). The molecule has 2 amide bonds. The van der Waals surface area contributed by atoms with Crippen molar-refractivity contribution in [1.29, 1.82) is 0 Å². The molecule has 0 unspecified atom stereocenters. The molecule has 1 saturated heterocycles. The summed E-state index contributed by atoms with van der Waals surface area (Å²) in [5.74, 6) is -0.0505. The van der Waals surface area contributed by atoms with Crippen LogP contribution in [0.4, 0.5) is 4.79 Å². The first-order valence-corrected chi connectivity index (χ1v) is 7.11. The number of rotatable bonds is 4. The fourth-order valence-electron chi connectivity index (χ4n) is 2.11. The van der Waals surface area contributed by atoms with E-state index in [1.807, 2.05) is 0 Å². The Morgan fingerprint density at radius 3 is 2.70 bits per heavy atom. The van der Waals surface area contributed by atoms with E-state index in [0.29, 0.717) is 26.1 Å². The lowest BCUT2D eigenvalue weighted by Crippen LogP contribution is -2.49. The summed E-state index contributed by atoms with van der Waals surface area (Å²) in [5, 5.41) is 2.68. The first kappa shape index (κ1) is 16.8. The number of nitrogens with one attached hydrogen (secondary N) is 1. The van der Waals surface area contributed by atoms with E-state index in [9.17, 15) is 9.59 Å². The van der Waals surface area contributed by atoms with Crippen molar-refractivity contribution < 1.29 is 19.1 Å². The van der Waals surface area contributed by atoms with Gasteiger partial charge in [0, 0.05) is 20.2 Å². The minimum Gasteiger partial charge on any atom is -0.444 e. The predicted octanol–water partition coefficient (Wildman–Crippen LogP) is 1.54. The fraction of sp³-hybridized carbons (Fsp3) is 0.857. The lowest BCUT2D eigenvalue weighted by Gasteiger charge is -2.26. The molecular weight excluding hydrogens is 260 g/mol. The highest BCUT2D eigenvalue weighted by molar-refractivity contribution is 5.86. The largest absolute Gasteiger partial charge is 0.444 e. The number of alkyl carbamates (subject to hydrolysis) is 1. The van der Waals surface area contributed by atoms with Crippen molar-refractivity contribution >= 4 is 12.0 Å². The molecule has 1 atom stereocenters. The van der Waals surface area contributed by atoms with Gasteiger partial charge in [0.25, 0.3) is 0 Å². The van der Waals surface area contributed by atoms with E-state index in [2.05, 4.69) is 5.32 Å². The number of amides is 2. The van der Waals surface area contributed by atoms with Crippen LogP contribution >= 0.6 is 0 Å². The van der Waals surface area contributed by atoms with Crippen molar-refractivity contribution in [3.05, 3.63) is 0 Å². The standard InChI is InChI=1S/C14H26N2O4/c1-14(2,3)20-13(18)15-11-7-5-6-8-16(12(11)17)9-10-19-4/h11H,5-10H2,1-4H3,(H,15,18)/t11-/m0/s1. The third kappa shape index (κ3) is 5.77. The van der Waals surface area contributed by atoms with Crippen LogP contribution in [0, 0.1) is 0 Å². The second kappa shape index (κ2) is 7.47. The van der Waals surface area contributed by atoms with Crippen molar-refractivity contribution in [2.24, 2.45) is 0 Å². The van der Waals surface area contributed by atoms with E-state index < -0.39 is 17.7 Å². The normalized spacial score (nSPS) is 20.5. The van der Waals surface area contributed by atoms with Crippen molar-refractivity contribution in [3.8, 4) is 0 Å². The summed E-state index contributed by atoms with van der Waals surface area (Å²) < 4.78 is 10.2. The number of carbonyl (C=O) groups excluding carboxylic acids is 2. The quantitative estimate of drug-likeness (QED) is 0.851. The Morgan fingerprint density at radius 2 is 2.10 bits per heavy atom. The zero-order valence-corrected chi connectivity index (χ0v) is 12.9. The molecule has 0 radical (unpaired) electrons. The van der Waals surface area contributed by atoms with Gasteiger partial charge in [-0.1, -0.05) is 0 Å². The van der Waals surface area contributed by atoms with E-state index in [1.54, 1.807) is 32.8 Å². The highest BCUT2D eigenvalue weighted by Gasteiger charge is 2.29. The van der Waals surface area contributed by atoms with Crippen LogP contribution in [-0.4, -0.2) is 55.3 Å². The smallest absolute Gasteiger partial charge is 0.408 e. The van der Waals surface area contributed by atoms with Crippen LogP contribution in [0.25, 0.3) is 0 Å². The van der Waals surface area contributed by atoms with Gasteiger partial charge < -0.3 is 19.7 Å². The molecule has 1 N–H and O–H groups in total. The number of hydrogen-bond donors (Lipinski definition) is 1. The summed E-state index contributed by atoms with van der Waals surface area (Å²) in [6.07, 6.45) is 1.98. The zero-order valence-electron chi connectivity index (χ0n) is 12.9. The molecular formula is C14H26N2O4.